The lowest BCUT2D eigenvalue weighted by Crippen LogP contribution is -2.47. The molecule has 1 aliphatic heterocycles. The van der Waals surface area contributed by atoms with Crippen molar-refractivity contribution in [3.63, 3.8) is 0 Å². The number of nitrogens with one attached hydrogen (secondary N) is 2. The molecule has 0 radical (unpaired) electrons. The maximum atomic E-state index is 13.1. The van der Waals surface area contributed by atoms with Gasteiger partial charge >= 0.3 is 0 Å². The smallest absolute Gasteiger partial charge is 0.242 e. The third-order valence-electron chi connectivity index (χ3n) is 6.51. The highest BCUT2D eigenvalue weighted by Gasteiger charge is 2.27. The van der Waals surface area contributed by atoms with E-state index in [2.05, 4.69) is 15.6 Å². The topological polar surface area (TPSA) is 96.9 Å². The van der Waals surface area contributed by atoms with Crippen LogP contribution in [0.15, 0.2) is 70.1 Å². The summed E-state index contributed by atoms with van der Waals surface area (Å²) in [5.74, 6) is 0.624. The van der Waals surface area contributed by atoms with Gasteiger partial charge in [-0.2, -0.15) is 0 Å². The number of rotatable bonds is 14. The van der Waals surface area contributed by atoms with Crippen LogP contribution < -0.4 is 10.6 Å². The highest BCUT2D eigenvalue weighted by atomic mass is 16.5. The van der Waals surface area contributed by atoms with Crippen LogP contribution in [0.25, 0.3) is 0 Å². The van der Waals surface area contributed by atoms with E-state index in [1.165, 1.54) is 0 Å². The van der Waals surface area contributed by atoms with Crippen molar-refractivity contribution >= 4 is 23.3 Å². The van der Waals surface area contributed by atoms with Crippen LogP contribution in [-0.4, -0.2) is 43.0 Å². The summed E-state index contributed by atoms with van der Waals surface area (Å²) in [7, 11) is 1.64. The van der Waals surface area contributed by atoms with Gasteiger partial charge in [0.1, 0.15) is 17.6 Å². The molecule has 0 unspecified atom stereocenters. The number of hydrogen-bond acceptors (Lipinski definition) is 5. The van der Waals surface area contributed by atoms with E-state index in [9.17, 15) is 14.4 Å². The molecule has 2 amide bonds. The zero-order chi connectivity index (χ0) is 25.9. The van der Waals surface area contributed by atoms with Crippen molar-refractivity contribution in [3.05, 3.63) is 70.6 Å². The van der Waals surface area contributed by atoms with Crippen LogP contribution >= 0.6 is 0 Å². The van der Waals surface area contributed by atoms with E-state index in [0.29, 0.717) is 25.8 Å². The number of benzene rings is 1. The number of ether oxygens (including phenoxy) is 1. The number of aliphatic imine (C=N–C) groups is 1. The van der Waals surface area contributed by atoms with Gasteiger partial charge in [-0.15, -0.1) is 0 Å². The molecule has 2 aliphatic rings. The molecule has 192 valence electrons. The molecule has 0 fully saturated rings. The lowest BCUT2D eigenvalue weighted by molar-refractivity contribution is -0.128. The van der Waals surface area contributed by atoms with Crippen molar-refractivity contribution in [3.8, 4) is 0 Å². The molecule has 0 bridgehead atoms. The second kappa shape index (κ2) is 13.6. The monoisotopic (exact) mass is 491 g/mol. The zero-order valence-corrected chi connectivity index (χ0v) is 21.6. The van der Waals surface area contributed by atoms with E-state index in [4.69, 9.17) is 4.74 Å². The van der Waals surface area contributed by atoms with Crippen LogP contribution in [0.4, 0.5) is 0 Å². The molecule has 1 aliphatic carbocycles. The van der Waals surface area contributed by atoms with Crippen LogP contribution in [0.5, 0.6) is 0 Å². The van der Waals surface area contributed by atoms with E-state index in [-0.39, 0.29) is 24.0 Å². The normalized spacial score (nSPS) is 15.4. The number of amides is 2. The van der Waals surface area contributed by atoms with Gasteiger partial charge < -0.3 is 20.2 Å². The van der Waals surface area contributed by atoms with E-state index >= 15 is 0 Å². The molecule has 36 heavy (non-hydrogen) atoms. The quantitative estimate of drug-likeness (QED) is 0.378. The van der Waals surface area contributed by atoms with E-state index < -0.39 is 6.04 Å². The Labute approximate surface area is 213 Å². The van der Waals surface area contributed by atoms with Crippen molar-refractivity contribution in [1.29, 1.82) is 0 Å². The molecular formula is C29H37N3O4. The largest absolute Gasteiger partial charge is 0.501 e. The van der Waals surface area contributed by atoms with Crippen molar-refractivity contribution < 1.29 is 19.1 Å². The Hall–Kier alpha value is -3.48. The first-order chi connectivity index (χ1) is 17.4. The number of methoxy groups -OCH3 is 1. The number of nitrogens with zero attached hydrogens (tertiary/aromatic N) is 1. The van der Waals surface area contributed by atoms with Crippen LogP contribution in [0.3, 0.4) is 0 Å². The summed E-state index contributed by atoms with van der Waals surface area (Å²) in [5, 5.41) is 5.94. The average molecular weight is 492 g/mol. The fraction of sp³-hybridized carbons (Fsp3) is 0.448. The Bertz CT molecular complexity index is 1080. The molecule has 0 aromatic heterocycles. The van der Waals surface area contributed by atoms with Crippen LogP contribution in [0.2, 0.25) is 0 Å². The molecule has 2 N–H and O–H groups in total. The molecule has 7 nitrogen and oxygen atoms in total. The number of ketones is 1. The van der Waals surface area contributed by atoms with Gasteiger partial charge in [-0.25, -0.2) is 0 Å². The summed E-state index contributed by atoms with van der Waals surface area (Å²) in [5.41, 5.74) is 4.75. The van der Waals surface area contributed by atoms with Gasteiger partial charge in [-0.1, -0.05) is 43.2 Å². The lowest BCUT2D eigenvalue weighted by Gasteiger charge is -2.19. The summed E-state index contributed by atoms with van der Waals surface area (Å²) in [6.45, 7) is 4.00. The molecule has 1 aromatic carbocycles. The number of hydrogen-bond donors (Lipinski definition) is 2. The highest BCUT2D eigenvalue weighted by molar-refractivity contribution is 6.07. The van der Waals surface area contributed by atoms with E-state index in [1.54, 1.807) is 14.0 Å². The standard InChI is InChI=1S/C29H37N3O4/c1-20(33)10-6-4-9-13-27(29(35)30-17-16-22-11-7-5-8-12-22)32-28(34)19-24-21(2)31-26-15-14-23(36-3)18-25(24)26/h5,7-8,11-12,14-15,27H,4,6,9-10,13,16-19H2,1-3H3,(H,30,35)(H,32,34)/t27-/m0/s1. The maximum absolute atomic E-state index is 13.1. The van der Waals surface area contributed by atoms with Gasteiger partial charge in [0.05, 0.1) is 19.2 Å². The molecule has 0 spiro atoms. The fourth-order valence-electron chi connectivity index (χ4n) is 4.48. The Kier molecular flexibility index (Phi) is 10.2. The van der Waals surface area contributed by atoms with Crippen LogP contribution in [-0.2, 0) is 25.5 Å². The summed E-state index contributed by atoms with van der Waals surface area (Å²) < 4.78 is 5.39. The SMILES string of the molecule is COC1=CC=C2N=C(C)C(CC(=O)N[C@@H](CCCCCC(C)=O)C(=O)NCCc3ccccc3)=C2C1. The fourth-order valence-corrected chi connectivity index (χ4v) is 4.48. The Morgan fingerprint density at radius 1 is 1.08 bits per heavy atom. The first-order valence-electron chi connectivity index (χ1n) is 12.7. The van der Waals surface area contributed by atoms with Gasteiger partial charge in [0.15, 0.2) is 0 Å². The predicted molar refractivity (Wildman–Crippen MR) is 141 cm³/mol. The number of allylic oxidation sites excluding steroid dienone is 4. The number of unbranched alkanes of at least 4 members (excludes halogenated alkanes) is 2. The lowest BCUT2D eigenvalue weighted by atomic mass is 9.95. The minimum atomic E-state index is -0.620. The molecule has 0 saturated heterocycles. The minimum Gasteiger partial charge on any atom is -0.501 e. The average Bonchev–Trinajstić information content (AvgIpc) is 3.17. The second-order valence-electron chi connectivity index (χ2n) is 9.34. The Balaban J connectivity index is 1.59. The first kappa shape index (κ1) is 27.1. The van der Waals surface area contributed by atoms with E-state index in [1.807, 2.05) is 49.4 Å². The molecule has 7 heteroatoms. The molecule has 1 atom stereocenters. The Morgan fingerprint density at radius 2 is 1.86 bits per heavy atom. The first-order valence-corrected chi connectivity index (χ1v) is 12.7. The molecule has 1 aromatic rings. The van der Waals surface area contributed by atoms with Crippen molar-refractivity contribution in [2.45, 2.75) is 71.3 Å². The molecule has 1 heterocycles. The number of carbonyl (C=O) groups excluding carboxylic acids is 3. The van der Waals surface area contributed by atoms with Crippen LogP contribution in [0.1, 0.15) is 64.4 Å². The second-order valence-corrected chi connectivity index (χ2v) is 9.34. The zero-order valence-electron chi connectivity index (χ0n) is 21.6. The van der Waals surface area contributed by atoms with Gasteiger partial charge in [-0.3, -0.25) is 14.6 Å². The summed E-state index contributed by atoms with van der Waals surface area (Å²) >= 11 is 0. The third kappa shape index (κ3) is 8.04. The molecule has 3 rings (SSSR count). The van der Waals surface area contributed by atoms with Gasteiger partial charge in [0.2, 0.25) is 11.8 Å². The van der Waals surface area contributed by atoms with Gasteiger partial charge in [0.25, 0.3) is 0 Å². The highest BCUT2D eigenvalue weighted by Crippen LogP contribution is 2.35. The summed E-state index contributed by atoms with van der Waals surface area (Å²) in [6, 6.07) is 9.35. The van der Waals surface area contributed by atoms with Crippen molar-refractivity contribution in [2.75, 3.05) is 13.7 Å². The van der Waals surface area contributed by atoms with Crippen molar-refractivity contribution in [2.24, 2.45) is 4.99 Å². The van der Waals surface area contributed by atoms with Gasteiger partial charge in [0, 0.05) is 25.1 Å². The molecular weight excluding hydrogens is 454 g/mol. The molecule has 0 saturated carbocycles. The number of fused-ring (bicyclic) bond motifs is 1. The summed E-state index contributed by atoms with van der Waals surface area (Å²) in [6.07, 6.45) is 8.77. The van der Waals surface area contributed by atoms with E-state index in [0.717, 1.165) is 59.6 Å². The van der Waals surface area contributed by atoms with Crippen LogP contribution in [0, 0.1) is 0 Å². The summed E-state index contributed by atoms with van der Waals surface area (Å²) in [4.78, 5) is 41.9. The third-order valence-corrected chi connectivity index (χ3v) is 6.51. The minimum absolute atomic E-state index is 0.164. The number of carbonyl (C=O) groups is 3. The predicted octanol–water partition coefficient (Wildman–Crippen LogP) is 4.35. The number of Topliss-reactive ketones (excluding diaryl/α,β-unsaturated/α-hetero) is 1. The Morgan fingerprint density at radius 3 is 2.58 bits per heavy atom. The van der Waals surface area contributed by atoms with Crippen molar-refractivity contribution in [1.82, 2.24) is 10.6 Å². The van der Waals surface area contributed by atoms with Gasteiger partial charge in [-0.05, 0) is 62.0 Å². The maximum Gasteiger partial charge on any atom is 0.242 e.